The molecule has 0 saturated carbocycles. The zero-order valence-corrected chi connectivity index (χ0v) is 11.9. The number of nitrogens with two attached hydrogens (primary N) is 1. The van der Waals surface area contributed by atoms with Gasteiger partial charge in [-0.3, -0.25) is 4.79 Å². The summed E-state index contributed by atoms with van der Waals surface area (Å²) < 4.78 is 0. The molecule has 0 aliphatic heterocycles. The number of nitrogens with zero attached hydrogens (tertiary/aromatic N) is 1. The minimum Gasteiger partial charge on any atom is -0.477 e. The van der Waals surface area contributed by atoms with E-state index in [9.17, 15) is 9.59 Å². The fourth-order valence-electron chi connectivity index (χ4n) is 1.83. The van der Waals surface area contributed by atoms with Gasteiger partial charge < -0.3 is 16.2 Å². The highest BCUT2D eigenvalue weighted by Crippen LogP contribution is 2.25. The number of anilines is 1. The molecule has 1 aromatic carbocycles. The molecule has 6 nitrogen and oxygen atoms in total. The number of aromatic nitrogens is 1. The molecule has 4 N–H and O–H groups in total. The van der Waals surface area contributed by atoms with Crippen LogP contribution in [0.2, 0.25) is 0 Å². The lowest BCUT2D eigenvalue weighted by molar-refractivity contribution is -0.125. The van der Waals surface area contributed by atoms with E-state index in [1.807, 2.05) is 12.1 Å². The van der Waals surface area contributed by atoms with Crippen LogP contribution in [0.3, 0.4) is 0 Å². The first-order valence-corrected chi connectivity index (χ1v) is 6.48. The molecule has 1 amide bonds. The number of carbonyl (C=O) groups is 2. The van der Waals surface area contributed by atoms with Crippen molar-refractivity contribution in [3.05, 3.63) is 36.0 Å². The van der Waals surface area contributed by atoms with Crippen LogP contribution in [0.5, 0.6) is 0 Å². The van der Waals surface area contributed by atoms with E-state index in [2.05, 4.69) is 10.3 Å². The number of hydrogen-bond acceptors (Lipinski definition) is 4. The number of pyridine rings is 1. The lowest BCUT2D eigenvalue weighted by Gasteiger charge is -2.22. The molecule has 0 aliphatic carbocycles. The van der Waals surface area contributed by atoms with Crippen LogP contribution in [0, 0.1) is 5.41 Å². The molecule has 2 rings (SSSR count). The maximum Gasteiger partial charge on any atom is 0.354 e. The molecule has 0 bridgehead atoms. The number of nitrogens with one attached hydrogen (secondary N) is 1. The fraction of sp³-hybridized carbons (Fsp3) is 0.267. The molecular weight excluding hydrogens is 270 g/mol. The number of fused-ring (bicyclic) bond motifs is 1. The van der Waals surface area contributed by atoms with Crippen LogP contribution in [-0.2, 0) is 4.79 Å². The second kappa shape index (κ2) is 5.40. The third-order valence-electron chi connectivity index (χ3n) is 3.32. The minimum atomic E-state index is -1.10. The predicted molar refractivity (Wildman–Crippen MR) is 80.2 cm³/mol. The van der Waals surface area contributed by atoms with Crippen molar-refractivity contribution in [1.29, 1.82) is 0 Å². The van der Waals surface area contributed by atoms with E-state index in [4.69, 9.17) is 10.8 Å². The van der Waals surface area contributed by atoms with Crippen molar-refractivity contribution in [3.8, 4) is 0 Å². The highest BCUT2D eigenvalue weighted by Gasteiger charge is 2.25. The molecule has 0 aliphatic rings. The monoisotopic (exact) mass is 287 g/mol. The average Bonchev–Trinajstić information content (AvgIpc) is 2.44. The van der Waals surface area contributed by atoms with Crippen molar-refractivity contribution in [2.24, 2.45) is 11.1 Å². The third-order valence-corrected chi connectivity index (χ3v) is 3.32. The molecule has 21 heavy (non-hydrogen) atoms. The SMILES string of the molecule is CC(C)(CNc1cc(C(=O)O)nc2ccccc12)C(N)=O. The number of rotatable bonds is 5. The lowest BCUT2D eigenvalue weighted by Crippen LogP contribution is -2.37. The maximum atomic E-state index is 11.4. The van der Waals surface area contributed by atoms with Gasteiger partial charge in [-0.25, -0.2) is 9.78 Å². The van der Waals surface area contributed by atoms with E-state index in [1.165, 1.54) is 6.07 Å². The largest absolute Gasteiger partial charge is 0.477 e. The first kappa shape index (κ1) is 14.8. The van der Waals surface area contributed by atoms with Crippen molar-refractivity contribution < 1.29 is 14.7 Å². The summed E-state index contributed by atoms with van der Waals surface area (Å²) in [4.78, 5) is 26.6. The van der Waals surface area contributed by atoms with Crippen molar-refractivity contribution in [2.75, 3.05) is 11.9 Å². The van der Waals surface area contributed by atoms with Gasteiger partial charge in [0.05, 0.1) is 10.9 Å². The topological polar surface area (TPSA) is 105 Å². The van der Waals surface area contributed by atoms with Gasteiger partial charge in [-0.05, 0) is 26.0 Å². The first-order chi connectivity index (χ1) is 9.81. The van der Waals surface area contributed by atoms with Gasteiger partial charge in [-0.15, -0.1) is 0 Å². The Morgan fingerprint density at radius 3 is 2.62 bits per heavy atom. The number of hydrogen-bond donors (Lipinski definition) is 3. The summed E-state index contributed by atoms with van der Waals surface area (Å²) in [5.74, 6) is -1.52. The summed E-state index contributed by atoms with van der Waals surface area (Å²) >= 11 is 0. The van der Waals surface area contributed by atoms with Gasteiger partial charge in [-0.2, -0.15) is 0 Å². The van der Waals surface area contributed by atoms with Gasteiger partial charge >= 0.3 is 5.97 Å². The van der Waals surface area contributed by atoms with Crippen LogP contribution in [0.25, 0.3) is 10.9 Å². The fourth-order valence-corrected chi connectivity index (χ4v) is 1.83. The molecule has 110 valence electrons. The molecule has 2 aromatic rings. The normalized spacial score (nSPS) is 11.3. The van der Waals surface area contributed by atoms with E-state index in [-0.39, 0.29) is 5.69 Å². The van der Waals surface area contributed by atoms with Crippen LogP contribution in [-0.4, -0.2) is 28.5 Å². The Kier molecular flexibility index (Phi) is 3.80. The molecule has 0 unspecified atom stereocenters. The quantitative estimate of drug-likeness (QED) is 0.778. The van der Waals surface area contributed by atoms with Crippen LogP contribution in [0.15, 0.2) is 30.3 Å². The second-order valence-corrected chi connectivity index (χ2v) is 5.48. The van der Waals surface area contributed by atoms with Crippen molar-refractivity contribution in [3.63, 3.8) is 0 Å². The van der Waals surface area contributed by atoms with E-state index in [0.29, 0.717) is 17.7 Å². The van der Waals surface area contributed by atoms with E-state index in [0.717, 1.165) is 5.39 Å². The van der Waals surface area contributed by atoms with E-state index in [1.54, 1.807) is 26.0 Å². The first-order valence-electron chi connectivity index (χ1n) is 6.48. The Morgan fingerprint density at radius 1 is 1.33 bits per heavy atom. The summed E-state index contributed by atoms with van der Waals surface area (Å²) in [5, 5.41) is 13.0. The van der Waals surface area contributed by atoms with E-state index >= 15 is 0 Å². The second-order valence-electron chi connectivity index (χ2n) is 5.48. The summed E-state index contributed by atoms with van der Waals surface area (Å²) in [6.45, 7) is 3.75. The third kappa shape index (κ3) is 3.10. The number of carbonyl (C=O) groups excluding carboxylic acids is 1. The molecule has 0 saturated heterocycles. The standard InChI is InChI=1S/C15H17N3O3/c1-15(2,14(16)21)8-17-11-7-12(13(19)20)18-10-6-4-3-5-9(10)11/h3-7H,8H2,1-2H3,(H2,16,21)(H,17,18)(H,19,20). The number of amides is 1. The minimum absolute atomic E-state index is 0.0481. The molecule has 6 heteroatoms. The number of carboxylic acid groups (broad SMARTS) is 1. The summed E-state index contributed by atoms with van der Waals surface area (Å²) in [6.07, 6.45) is 0. The molecule has 0 fully saturated rings. The van der Waals surface area contributed by atoms with Gasteiger partial charge in [-0.1, -0.05) is 18.2 Å². The molecular formula is C15H17N3O3. The Labute approximate surface area is 122 Å². The van der Waals surface area contributed by atoms with Crippen LogP contribution < -0.4 is 11.1 Å². The molecule has 0 atom stereocenters. The predicted octanol–water partition coefficient (Wildman–Crippen LogP) is 1.86. The smallest absolute Gasteiger partial charge is 0.354 e. The van der Waals surface area contributed by atoms with Crippen molar-refractivity contribution in [1.82, 2.24) is 4.98 Å². The van der Waals surface area contributed by atoms with E-state index < -0.39 is 17.3 Å². The van der Waals surface area contributed by atoms with Gasteiger partial charge in [0.2, 0.25) is 5.91 Å². The van der Waals surface area contributed by atoms with Gasteiger partial charge in [0.25, 0.3) is 0 Å². The maximum absolute atomic E-state index is 11.4. The number of para-hydroxylation sites is 1. The zero-order valence-electron chi connectivity index (χ0n) is 11.9. The lowest BCUT2D eigenvalue weighted by atomic mass is 9.92. The highest BCUT2D eigenvalue weighted by atomic mass is 16.4. The highest BCUT2D eigenvalue weighted by molar-refractivity contribution is 5.97. The zero-order chi connectivity index (χ0) is 15.6. The van der Waals surface area contributed by atoms with Gasteiger partial charge in [0, 0.05) is 17.6 Å². The molecule has 1 aromatic heterocycles. The Hall–Kier alpha value is -2.63. The Balaban J connectivity index is 2.42. The molecule has 0 spiro atoms. The summed E-state index contributed by atoms with van der Waals surface area (Å²) in [5.41, 5.74) is 5.75. The Bertz CT molecular complexity index is 710. The van der Waals surface area contributed by atoms with Gasteiger partial charge in [0.15, 0.2) is 5.69 Å². The van der Waals surface area contributed by atoms with Crippen LogP contribution >= 0.6 is 0 Å². The number of primary amides is 1. The summed E-state index contributed by atoms with van der Waals surface area (Å²) in [7, 11) is 0. The van der Waals surface area contributed by atoms with Crippen molar-refractivity contribution in [2.45, 2.75) is 13.8 Å². The number of benzene rings is 1. The summed E-state index contributed by atoms with van der Waals surface area (Å²) in [6, 6.07) is 8.68. The number of carboxylic acids is 1. The van der Waals surface area contributed by atoms with Crippen LogP contribution in [0.4, 0.5) is 5.69 Å². The molecule has 1 heterocycles. The number of aromatic carboxylic acids is 1. The Morgan fingerprint density at radius 2 is 2.00 bits per heavy atom. The van der Waals surface area contributed by atoms with Crippen molar-refractivity contribution >= 4 is 28.5 Å². The average molecular weight is 287 g/mol. The van der Waals surface area contributed by atoms with Gasteiger partial charge in [0.1, 0.15) is 0 Å². The molecule has 0 radical (unpaired) electrons. The van der Waals surface area contributed by atoms with Crippen LogP contribution in [0.1, 0.15) is 24.3 Å².